The summed E-state index contributed by atoms with van der Waals surface area (Å²) >= 11 is 0. The van der Waals surface area contributed by atoms with Crippen LogP contribution in [0.1, 0.15) is 67.2 Å². The van der Waals surface area contributed by atoms with Gasteiger partial charge in [0.2, 0.25) is 0 Å². The zero-order valence-electron chi connectivity index (χ0n) is 13.8. The lowest BCUT2D eigenvalue weighted by Crippen LogP contribution is -2.46. The molecule has 0 aromatic rings. The second-order valence-corrected chi connectivity index (χ2v) is 6.30. The Hall–Kier alpha value is -0.0800. The van der Waals surface area contributed by atoms with Crippen molar-refractivity contribution in [2.45, 2.75) is 79.3 Å². The molecule has 0 bridgehead atoms. The molecule has 2 heteroatoms. The standard InChI is InChI=1S/C16H36N2/c1-8-11-15(6)18(7)13-16(9-2,10-3)12-17-14(4)5/h14-15,17H,8-13H2,1-7H3. The maximum Gasteiger partial charge on any atom is 0.00640 e. The molecule has 1 unspecified atom stereocenters. The molecule has 0 aromatic heterocycles. The lowest BCUT2D eigenvalue weighted by Gasteiger charge is -2.39. The first-order valence-corrected chi connectivity index (χ1v) is 7.84. The molecule has 0 fully saturated rings. The van der Waals surface area contributed by atoms with Crippen molar-refractivity contribution in [1.82, 2.24) is 10.2 Å². The highest BCUT2D eigenvalue weighted by Crippen LogP contribution is 2.27. The Morgan fingerprint density at radius 3 is 2.00 bits per heavy atom. The molecule has 0 heterocycles. The summed E-state index contributed by atoms with van der Waals surface area (Å²) in [5, 5.41) is 3.64. The molecule has 0 amide bonds. The number of nitrogens with zero attached hydrogens (tertiary/aromatic N) is 1. The van der Waals surface area contributed by atoms with Crippen LogP contribution in [0.5, 0.6) is 0 Å². The minimum atomic E-state index is 0.432. The lowest BCUT2D eigenvalue weighted by atomic mass is 9.81. The van der Waals surface area contributed by atoms with Gasteiger partial charge in [0, 0.05) is 25.2 Å². The average Bonchev–Trinajstić information content (AvgIpc) is 2.34. The van der Waals surface area contributed by atoms with Crippen LogP contribution in [0.3, 0.4) is 0 Å². The lowest BCUT2D eigenvalue weighted by molar-refractivity contribution is 0.121. The molecule has 0 rings (SSSR count). The Balaban J connectivity index is 4.48. The summed E-state index contributed by atoms with van der Waals surface area (Å²) in [6.07, 6.45) is 5.09. The second kappa shape index (κ2) is 8.92. The second-order valence-electron chi connectivity index (χ2n) is 6.30. The van der Waals surface area contributed by atoms with E-state index in [0.717, 1.165) is 6.54 Å². The molecular formula is C16H36N2. The van der Waals surface area contributed by atoms with Crippen molar-refractivity contribution in [3.05, 3.63) is 0 Å². The van der Waals surface area contributed by atoms with E-state index in [-0.39, 0.29) is 0 Å². The number of nitrogens with one attached hydrogen (secondary N) is 1. The minimum Gasteiger partial charge on any atom is -0.314 e. The van der Waals surface area contributed by atoms with E-state index in [1.54, 1.807) is 0 Å². The normalized spacial score (nSPS) is 14.5. The van der Waals surface area contributed by atoms with Gasteiger partial charge >= 0.3 is 0 Å². The Labute approximate surface area is 116 Å². The fraction of sp³-hybridized carbons (Fsp3) is 1.00. The molecule has 1 N–H and O–H groups in total. The molecule has 0 radical (unpaired) electrons. The summed E-state index contributed by atoms with van der Waals surface area (Å²) in [4.78, 5) is 2.55. The van der Waals surface area contributed by atoms with Gasteiger partial charge in [-0.05, 0) is 38.6 Å². The number of rotatable bonds is 10. The summed E-state index contributed by atoms with van der Waals surface area (Å²) in [5.74, 6) is 0. The SMILES string of the molecule is CCCC(C)N(C)CC(CC)(CC)CNC(C)C. The van der Waals surface area contributed by atoms with Crippen LogP contribution in [0.2, 0.25) is 0 Å². The van der Waals surface area contributed by atoms with Crippen LogP contribution in [0, 0.1) is 5.41 Å². The van der Waals surface area contributed by atoms with Crippen LogP contribution in [0.25, 0.3) is 0 Å². The van der Waals surface area contributed by atoms with Crippen LogP contribution in [0.15, 0.2) is 0 Å². The molecular weight excluding hydrogens is 220 g/mol. The number of hydrogen-bond acceptors (Lipinski definition) is 2. The van der Waals surface area contributed by atoms with Crippen molar-refractivity contribution in [3.63, 3.8) is 0 Å². The zero-order chi connectivity index (χ0) is 14.2. The highest BCUT2D eigenvalue weighted by Gasteiger charge is 2.28. The van der Waals surface area contributed by atoms with Gasteiger partial charge in [0.1, 0.15) is 0 Å². The van der Waals surface area contributed by atoms with Gasteiger partial charge in [0.15, 0.2) is 0 Å². The van der Waals surface area contributed by atoms with Gasteiger partial charge in [-0.15, -0.1) is 0 Å². The molecule has 0 aliphatic rings. The van der Waals surface area contributed by atoms with Crippen molar-refractivity contribution in [2.24, 2.45) is 5.41 Å². The first-order chi connectivity index (χ1) is 8.40. The van der Waals surface area contributed by atoms with E-state index in [1.807, 2.05) is 0 Å². The molecule has 18 heavy (non-hydrogen) atoms. The topological polar surface area (TPSA) is 15.3 Å². The van der Waals surface area contributed by atoms with Crippen LogP contribution in [0.4, 0.5) is 0 Å². The molecule has 110 valence electrons. The maximum absolute atomic E-state index is 3.64. The van der Waals surface area contributed by atoms with Crippen molar-refractivity contribution >= 4 is 0 Å². The molecule has 2 nitrogen and oxygen atoms in total. The molecule has 0 spiro atoms. The Morgan fingerprint density at radius 1 is 1.06 bits per heavy atom. The smallest absolute Gasteiger partial charge is 0.00640 e. The summed E-state index contributed by atoms with van der Waals surface area (Å²) in [7, 11) is 2.29. The van der Waals surface area contributed by atoms with E-state index in [0.29, 0.717) is 17.5 Å². The van der Waals surface area contributed by atoms with Crippen molar-refractivity contribution < 1.29 is 0 Å². The van der Waals surface area contributed by atoms with Gasteiger partial charge < -0.3 is 10.2 Å². The van der Waals surface area contributed by atoms with Crippen LogP contribution >= 0.6 is 0 Å². The predicted octanol–water partition coefficient (Wildman–Crippen LogP) is 3.91. The predicted molar refractivity (Wildman–Crippen MR) is 83.2 cm³/mol. The molecule has 0 aromatic carbocycles. The molecule has 0 saturated carbocycles. The monoisotopic (exact) mass is 256 g/mol. The van der Waals surface area contributed by atoms with Crippen LogP contribution in [-0.2, 0) is 0 Å². The number of hydrogen-bond donors (Lipinski definition) is 1. The molecule has 0 aliphatic heterocycles. The molecule has 0 aliphatic carbocycles. The molecule has 0 saturated heterocycles. The van der Waals surface area contributed by atoms with Gasteiger partial charge in [-0.1, -0.05) is 41.0 Å². The van der Waals surface area contributed by atoms with Gasteiger partial charge in [-0.25, -0.2) is 0 Å². The van der Waals surface area contributed by atoms with E-state index < -0.39 is 0 Å². The summed E-state index contributed by atoms with van der Waals surface area (Å²) in [6, 6.07) is 1.28. The Kier molecular flexibility index (Phi) is 8.89. The first kappa shape index (κ1) is 17.9. The van der Waals surface area contributed by atoms with Gasteiger partial charge in [0.05, 0.1) is 0 Å². The summed E-state index contributed by atoms with van der Waals surface area (Å²) in [6.45, 7) is 16.1. The quantitative estimate of drug-likeness (QED) is 0.637. The summed E-state index contributed by atoms with van der Waals surface area (Å²) in [5.41, 5.74) is 0.432. The van der Waals surface area contributed by atoms with E-state index >= 15 is 0 Å². The Bertz CT molecular complexity index is 197. The third-order valence-corrected chi connectivity index (χ3v) is 4.43. The van der Waals surface area contributed by atoms with Crippen LogP contribution in [-0.4, -0.2) is 37.1 Å². The summed E-state index contributed by atoms with van der Waals surface area (Å²) < 4.78 is 0. The average molecular weight is 256 g/mol. The van der Waals surface area contributed by atoms with Gasteiger partial charge in [-0.2, -0.15) is 0 Å². The highest BCUT2D eigenvalue weighted by atomic mass is 15.1. The van der Waals surface area contributed by atoms with Crippen molar-refractivity contribution in [1.29, 1.82) is 0 Å². The van der Waals surface area contributed by atoms with Gasteiger partial charge in [-0.3, -0.25) is 0 Å². The molecule has 1 atom stereocenters. The van der Waals surface area contributed by atoms with E-state index in [4.69, 9.17) is 0 Å². The minimum absolute atomic E-state index is 0.432. The third-order valence-electron chi connectivity index (χ3n) is 4.43. The maximum atomic E-state index is 3.64. The fourth-order valence-corrected chi connectivity index (χ4v) is 2.52. The highest BCUT2D eigenvalue weighted by molar-refractivity contribution is 4.84. The van der Waals surface area contributed by atoms with E-state index in [1.165, 1.54) is 32.2 Å². The van der Waals surface area contributed by atoms with Crippen LogP contribution < -0.4 is 5.32 Å². The van der Waals surface area contributed by atoms with Crippen molar-refractivity contribution in [2.75, 3.05) is 20.1 Å². The van der Waals surface area contributed by atoms with Gasteiger partial charge in [0.25, 0.3) is 0 Å². The largest absolute Gasteiger partial charge is 0.314 e. The Morgan fingerprint density at radius 2 is 1.61 bits per heavy atom. The van der Waals surface area contributed by atoms with E-state index in [2.05, 4.69) is 58.8 Å². The van der Waals surface area contributed by atoms with E-state index in [9.17, 15) is 0 Å². The zero-order valence-corrected chi connectivity index (χ0v) is 13.8. The fourth-order valence-electron chi connectivity index (χ4n) is 2.52. The van der Waals surface area contributed by atoms with Crippen molar-refractivity contribution in [3.8, 4) is 0 Å². The first-order valence-electron chi connectivity index (χ1n) is 7.84. The third kappa shape index (κ3) is 6.19.